The molecule has 1 aromatic heterocycles. The molecule has 152 valence electrons. The van der Waals surface area contributed by atoms with Gasteiger partial charge in [-0.05, 0) is 35.4 Å². The summed E-state index contributed by atoms with van der Waals surface area (Å²) in [5.74, 6) is -0.701. The monoisotopic (exact) mass is 406 g/mol. The smallest absolute Gasteiger partial charge is 0.310 e. The number of hydrogen-bond donors (Lipinski definition) is 2. The van der Waals surface area contributed by atoms with Crippen LogP contribution in [0.3, 0.4) is 0 Å². The second-order valence-corrected chi connectivity index (χ2v) is 6.95. The molecule has 1 aliphatic heterocycles. The lowest BCUT2D eigenvalue weighted by atomic mass is 9.99. The molecule has 0 spiro atoms. The van der Waals surface area contributed by atoms with E-state index in [0.717, 1.165) is 5.56 Å². The van der Waals surface area contributed by atoms with Crippen molar-refractivity contribution >= 4 is 23.5 Å². The van der Waals surface area contributed by atoms with Crippen molar-refractivity contribution in [3.05, 3.63) is 94.7 Å². The Balaban J connectivity index is 1.65. The first kappa shape index (κ1) is 19.6. The minimum atomic E-state index is -0.738. The molecule has 0 bridgehead atoms. The van der Waals surface area contributed by atoms with Crippen molar-refractivity contribution in [2.45, 2.75) is 13.0 Å². The summed E-state index contributed by atoms with van der Waals surface area (Å²) in [6.45, 7) is 0.677. The standard InChI is InChI=1S/C23H19FN2O4/c24-18-8-6-16(7-9-18)19(12-15-4-2-1-3-5-15)23(28)26-11-10-20-17(14-26)13-21(30-20)22(27)25-29/h1-9,12-13,29H,10-11,14H2,(H,25,27). The Morgan fingerprint density at radius 1 is 1.10 bits per heavy atom. The quantitative estimate of drug-likeness (QED) is 0.300. The molecule has 2 N–H and O–H groups in total. The van der Waals surface area contributed by atoms with Crippen LogP contribution in [0.15, 0.2) is 65.1 Å². The lowest BCUT2D eigenvalue weighted by Gasteiger charge is -2.27. The van der Waals surface area contributed by atoms with Crippen molar-refractivity contribution in [2.24, 2.45) is 0 Å². The normalized spacial score (nSPS) is 13.7. The van der Waals surface area contributed by atoms with Crippen LogP contribution in [0.1, 0.15) is 33.0 Å². The number of fused-ring (bicyclic) bond motifs is 1. The van der Waals surface area contributed by atoms with E-state index in [-0.39, 0.29) is 24.0 Å². The van der Waals surface area contributed by atoms with Crippen LogP contribution in [-0.4, -0.2) is 28.5 Å². The average Bonchev–Trinajstić information content (AvgIpc) is 3.21. The van der Waals surface area contributed by atoms with Gasteiger partial charge in [-0.25, -0.2) is 9.87 Å². The molecule has 6 nitrogen and oxygen atoms in total. The fourth-order valence-electron chi connectivity index (χ4n) is 3.46. The Kier molecular flexibility index (Phi) is 5.45. The molecule has 0 fully saturated rings. The highest BCUT2D eigenvalue weighted by molar-refractivity contribution is 6.24. The summed E-state index contributed by atoms with van der Waals surface area (Å²) in [6, 6.07) is 16.8. The molecular weight excluding hydrogens is 387 g/mol. The number of carbonyl (C=O) groups excluding carboxylic acids is 2. The van der Waals surface area contributed by atoms with Gasteiger partial charge >= 0.3 is 5.91 Å². The summed E-state index contributed by atoms with van der Waals surface area (Å²) >= 11 is 0. The molecule has 1 aliphatic rings. The number of furan rings is 1. The molecule has 0 radical (unpaired) electrons. The maximum atomic E-state index is 13.4. The number of rotatable bonds is 4. The number of hydrogen-bond acceptors (Lipinski definition) is 4. The Bertz CT molecular complexity index is 1100. The van der Waals surface area contributed by atoms with Crippen molar-refractivity contribution in [3.63, 3.8) is 0 Å². The summed E-state index contributed by atoms with van der Waals surface area (Å²) < 4.78 is 18.9. The molecule has 0 atom stereocenters. The van der Waals surface area contributed by atoms with E-state index in [4.69, 9.17) is 9.62 Å². The first-order chi connectivity index (χ1) is 14.5. The fourth-order valence-corrected chi connectivity index (χ4v) is 3.46. The minimum Gasteiger partial charge on any atom is -0.455 e. The highest BCUT2D eigenvalue weighted by Crippen LogP contribution is 2.27. The number of carbonyl (C=O) groups is 2. The van der Waals surface area contributed by atoms with Crippen molar-refractivity contribution in [1.29, 1.82) is 0 Å². The van der Waals surface area contributed by atoms with Gasteiger partial charge in [-0.1, -0.05) is 42.5 Å². The number of nitrogens with zero attached hydrogens (tertiary/aromatic N) is 1. The van der Waals surface area contributed by atoms with Crippen LogP contribution in [0.4, 0.5) is 4.39 Å². The van der Waals surface area contributed by atoms with Crippen molar-refractivity contribution in [3.8, 4) is 0 Å². The maximum absolute atomic E-state index is 13.4. The van der Waals surface area contributed by atoms with Gasteiger partial charge < -0.3 is 9.32 Å². The van der Waals surface area contributed by atoms with E-state index in [9.17, 15) is 14.0 Å². The van der Waals surface area contributed by atoms with Gasteiger partial charge in [0.15, 0.2) is 5.76 Å². The van der Waals surface area contributed by atoms with E-state index < -0.39 is 5.91 Å². The number of nitrogens with one attached hydrogen (secondary N) is 1. The molecule has 2 amide bonds. The third-order valence-corrected chi connectivity index (χ3v) is 4.98. The van der Waals surface area contributed by atoms with Crippen LogP contribution in [0.2, 0.25) is 0 Å². The molecule has 7 heteroatoms. The van der Waals surface area contributed by atoms with Crippen molar-refractivity contribution in [1.82, 2.24) is 10.4 Å². The Labute approximate surface area is 172 Å². The van der Waals surface area contributed by atoms with Gasteiger partial charge in [0, 0.05) is 30.6 Å². The Morgan fingerprint density at radius 3 is 2.53 bits per heavy atom. The van der Waals surface area contributed by atoms with Crippen LogP contribution in [-0.2, 0) is 17.8 Å². The van der Waals surface area contributed by atoms with E-state index in [2.05, 4.69) is 0 Å². The van der Waals surface area contributed by atoms with Crippen LogP contribution in [0.5, 0.6) is 0 Å². The van der Waals surface area contributed by atoms with Crippen molar-refractivity contribution < 1.29 is 23.6 Å². The number of amides is 2. The fraction of sp³-hybridized carbons (Fsp3) is 0.130. The van der Waals surface area contributed by atoms with Crippen LogP contribution in [0, 0.1) is 5.82 Å². The number of hydroxylamine groups is 1. The van der Waals surface area contributed by atoms with Crippen molar-refractivity contribution in [2.75, 3.05) is 6.54 Å². The minimum absolute atomic E-state index is 0.00427. The molecule has 4 rings (SSSR count). The zero-order valence-electron chi connectivity index (χ0n) is 16.0. The Morgan fingerprint density at radius 2 is 1.83 bits per heavy atom. The van der Waals surface area contributed by atoms with Gasteiger partial charge in [-0.2, -0.15) is 0 Å². The van der Waals surface area contributed by atoms with Crippen LogP contribution >= 0.6 is 0 Å². The first-order valence-corrected chi connectivity index (χ1v) is 9.43. The van der Waals surface area contributed by atoms with Gasteiger partial charge in [0.2, 0.25) is 0 Å². The van der Waals surface area contributed by atoms with Gasteiger partial charge in [-0.3, -0.25) is 14.8 Å². The molecule has 0 saturated heterocycles. The topological polar surface area (TPSA) is 82.8 Å². The lowest BCUT2D eigenvalue weighted by molar-refractivity contribution is -0.125. The SMILES string of the molecule is O=C(NO)c1cc2c(o1)CCN(C(=O)C(=Cc1ccccc1)c1ccc(F)cc1)C2. The summed E-state index contributed by atoms with van der Waals surface area (Å²) in [4.78, 5) is 26.7. The van der Waals surface area contributed by atoms with E-state index in [1.165, 1.54) is 18.2 Å². The molecule has 2 aromatic carbocycles. The Hall–Kier alpha value is -3.71. The predicted molar refractivity (Wildman–Crippen MR) is 108 cm³/mol. The van der Waals surface area contributed by atoms with Crippen LogP contribution < -0.4 is 5.48 Å². The average molecular weight is 406 g/mol. The third kappa shape index (κ3) is 4.01. The van der Waals surface area contributed by atoms with Gasteiger partial charge in [0.25, 0.3) is 5.91 Å². The third-order valence-electron chi connectivity index (χ3n) is 4.98. The highest BCUT2D eigenvalue weighted by atomic mass is 19.1. The van der Waals surface area contributed by atoms with Gasteiger partial charge in [0.05, 0.1) is 0 Å². The first-order valence-electron chi connectivity index (χ1n) is 9.43. The molecule has 0 aliphatic carbocycles. The summed E-state index contributed by atoms with van der Waals surface area (Å²) in [5.41, 5.74) is 4.17. The van der Waals surface area contributed by atoms with E-state index in [1.54, 1.807) is 28.6 Å². The lowest BCUT2D eigenvalue weighted by Crippen LogP contribution is -2.36. The molecule has 30 heavy (non-hydrogen) atoms. The molecule has 0 saturated carbocycles. The van der Waals surface area contributed by atoms with Crippen LogP contribution in [0.25, 0.3) is 11.6 Å². The number of halogens is 1. The molecule has 0 unspecified atom stereocenters. The van der Waals surface area contributed by atoms with E-state index in [1.807, 2.05) is 30.3 Å². The predicted octanol–water partition coefficient (Wildman–Crippen LogP) is 3.66. The number of benzene rings is 2. The van der Waals surface area contributed by atoms with Gasteiger partial charge in [0.1, 0.15) is 11.6 Å². The van der Waals surface area contributed by atoms with E-state index in [0.29, 0.717) is 35.4 Å². The summed E-state index contributed by atoms with van der Waals surface area (Å²) in [6.07, 6.45) is 2.23. The zero-order chi connectivity index (χ0) is 21.1. The largest absolute Gasteiger partial charge is 0.455 e. The molecule has 3 aromatic rings. The zero-order valence-corrected chi connectivity index (χ0v) is 16.0. The second-order valence-electron chi connectivity index (χ2n) is 6.95. The second kappa shape index (κ2) is 8.34. The summed E-state index contributed by atoms with van der Waals surface area (Å²) in [5, 5.41) is 8.79. The maximum Gasteiger partial charge on any atom is 0.310 e. The highest BCUT2D eigenvalue weighted by Gasteiger charge is 2.28. The molecule has 2 heterocycles. The van der Waals surface area contributed by atoms with E-state index >= 15 is 0 Å². The van der Waals surface area contributed by atoms with Gasteiger partial charge in [-0.15, -0.1) is 0 Å². The summed E-state index contributed by atoms with van der Waals surface area (Å²) in [7, 11) is 0. The molecular formula is C23H19FN2O4.